The van der Waals surface area contributed by atoms with E-state index in [1.807, 2.05) is 0 Å². The van der Waals surface area contributed by atoms with Gasteiger partial charge in [-0.05, 0) is 25.2 Å². The van der Waals surface area contributed by atoms with E-state index in [9.17, 15) is 0 Å². The van der Waals surface area contributed by atoms with Gasteiger partial charge in [-0.1, -0.05) is 46.0 Å². The number of hydrogen-bond acceptors (Lipinski definition) is 2. The smallest absolute Gasteiger partial charge is 0.0863 e. The van der Waals surface area contributed by atoms with E-state index in [0.29, 0.717) is 6.04 Å². The molecule has 2 fully saturated rings. The van der Waals surface area contributed by atoms with Crippen LogP contribution in [0.5, 0.6) is 0 Å². The number of rotatable bonds is 4. The summed E-state index contributed by atoms with van der Waals surface area (Å²) in [5.74, 6) is 0.783. The highest BCUT2D eigenvalue weighted by Gasteiger charge is 2.47. The van der Waals surface area contributed by atoms with Crippen LogP contribution in [0.25, 0.3) is 0 Å². The summed E-state index contributed by atoms with van der Waals surface area (Å²) in [7, 11) is 0. The Labute approximate surface area is 107 Å². The first-order chi connectivity index (χ1) is 8.33. The Kier molecular flexibility index (Phi) is 4.87. The van der Waals surface area contributed by atoms with Crippen LogP contribution in [0.1, 0.15) is 65.2 Å². The highest BCUT2D eigenvalue weighted by molar-refractivity contribution is 5.02. The van der Waals surface area contributed by atoms with Crippen molar-refractivity contribution >= 4 is 0 Å². The standard InChI is InChI=1S/C15H29NO/c1-3-5-9-14-15(17-12-11-16-14)10-7-6-8-13(15)4-2/h13-14,16H,3-12H2,1-2H3. The lowest BCUT2D eigenvalue weighted by Gasteiger charge is -2.51. The molecule has 0 radical (unpaired) electrons. The van der Waals surface area contributed by atoms with Crippen molar-refractivity contribution in [2.45, 2.75) is 76.9 Å². The third-order valence-corrected chi connectivity index (χ3v) is 4.85. The Balaban J connectivity index is 2.10. The van der Waals surface area contributed by atoms with E-state index < -0.39 is 0 Å². The number of ether oxygens (including phenoxy) is 1. The second-order valence-corrected chi connectivity index (χ2v) is 5.80. The van der Waals surface area contributed by atoms with Crippen molar-refractivity contribution in [1.29, 1.82) is 0 Å². The summed E-state index contributed by atoms with van der Waals surface area (Å²) in [4.78, 5) is 0. The average molecular weight is 239 g/mol. The Morgan fingerprint density at radius 2 is 2.18 bits per heavy atom. The van der Waals surface area contributed by atoms with Crippen LogP contribution in [-0.4, -0.2) is 24.8 Å². The van der Waals surface area contributed by atoms with Crippen molar-refractivity contribution in [3.8, 4) is 0 Å². The molecular weight excluding hydrogens is 210 g/mol. The van der Waals surface area contributed by atoms with Crippen molar-refractivity contribution in [1.82, 2.24) is 5.32 Å². The summed E-state index contributed by atoms with van der Waals surface area (Å²) in [6.07, 6.45) is 10.6. The normalized spacial score (nSPS) is 38.5. The van der Waals surface area contributed by atoms with Crippen molar-refractivity contribution in [2.75, 3.05) is 13.2 Å². The minimum atomic E-state index is 0.181. The van der Waals surface area contributed by atoms with Gasteiger partial charge in [0.15, 0.2) is 0 Å². The monoisotopic (exact) mass is 239 g/mol. The lowest BCUT2D eigenvalue weighted by atomic mass is 9.68. The van der Waals surface area contributed by atoms with Crippen molar-refractivity contribution in [2.24, 2.45) is 5.92 Å². The lowest BCUT2D eigenvalue weighted by molar-refractivity contribution is -0.153. The van der Waals surface area contributed by atoms with Crippen molar-refractivity contribution < 1.29 is 4.74 Å². The fraction of sp³-hybridized carbons (Fsp3) is 1.00. The van der Waals surface area contributed by atoms with Gasteiger partial charge in [0.05, 0.1) is 12.2 Å². The maximum Gasteiger partial charge on any atom is 0.0863 e. The predicted octanol–water partition coefficient (Wildman–Crippen LogP) is 3.50. The van der Waals surface area contributed by atoms with E-state index in [1.165, 1.54) is 51.4 Å². The predicted molar refractivity (Wildman–Crippen MR) is 72.2 cm³/mol. The van der Waals surface area contributed by atoms with Crippen LogP contribution in [-0.2, 0) is 4.74 Å². The van der Waals surface area contributed by atoms with Crippen LogP contribution in [0.4, 0.5) is 0 Å². The van der Waals surface area contributed by atoms with Gasteiger partial charge in [0.25, 0.3) is 0 Å². The molecule has 1 heterocycles. The van der Waals surface area contributed by atoms with E-state index in [4.69, 9.17) is 4.74 Å². The first kappa shape index (κ1) is 13.4. The van der Waals surface area contributed by atoms with Gasteiger partial charge < -0.3 is 10.1 Å². The fourth-order valence-corrected chi connectivity index (χ4v) is 3.94. The van der Waals surface area contributed by atoms with Crippen molar-refractivity contribution in [3.05, 3.63) is 0 Å². The molecule has 2 heteroatoms. The maximum atomic E-state index is 6.36. The number of morpholine rings is 1. The van der Waals surface area contributed by atoms with E-state index in [1.54, 1.807) is 0 Å². The summed E-state index contributed by atoms with van der Waals surface area (Å²) in [5.41, 5.74) is 0.181. The molecule has 1 saturated carbocycles. The van der Waals surface area contributed by atoms with E-state index >= 15 is 0 Å². The first-order valence-electron chi connectivity index (χ1n) is 7.70. The van der Waals surface area contributed by atoms with E-state index in [-0.39, 0.29) is 5.60 Å². The minimum absolute atomic E-state index is 0.181. The van der Waals surface area contributed by atoms with Gasteiger partial charge in [0.1, 0.15) is 0 Å². The van der Waals surface area contributed by atoms with Crippen LogP contribution in [0, 0.1) is 5.92 Å². The Hall–Kier alpha value is -0.0800. The van der Waals surface area contributed by atoms with Crippen LogP contribution < -0.4 is 5.32 Å². The molecular formula is C15H29NO. The van der Waals surface area contributed by atoms with Gasteiger partial charge in [-0.2, -0.15) is 0 Å². The second-order valence-electron chi connectivity index (χ2n) is 5.80. The zero-order valence-electron chi connectivity index (χ0n) is 11.6. The molecule has 2 rings (SSSR count). The Morgan fingerprint density at radius 1 is 1.29 bits per heavy atom. The molecule has 0 amide bonds. The molecule has 2 aliphatic rings. The summed E-state index contributed by atoms with van der Waals surface area (Å²) in [6, 6.07) is 0.612. The Bertz CT molecular complexity index is 225. The number of unbranched alkanes of at least 4 members (excludes halogenated alkanes) is 1. The average Bonchev–Trinajstić information content (AvgIpc) is 2.38. The largest absolute Gasteiger partial charge is 0.372 e. The third kappa shape index (κ3) is 2.68. The van der Waals surface area contributed by atoms with Gasteiger partial charge in [0.2, 0.25) is 0 Å². The number of hydrogen-bond donors (Lipinski definition) is 1. The highest BCUT2D eigenvalue weighted by Crippen LogP contribution is 2.43. The van der Waals surface area contributed by atoms with E-state index in [0.717, 1.165) is 19.1 Å². The fourth-order valence-electron chi connectivity index (χ4n) is 3.94. The SMILES string of the molecule is CCCCC1NCCOC12CCCCC2CC. The molecule has 1 N–H and O–H groups in total. The van der Waals surface area contributed by atoms with Crippen LogP contribution in [0.3, 0.4) is 0 Å². The molecule has 0 bridgehead atoms. The molecule has 1 aliphatic carbocycles. The van der Waals surface area contributed by atoms with Crippen LogP contribution >= 0.6 is 0 Å². The second kappa shape index (κ2) is 6.19. The zero-order valence-corrected chi connectivity index (χ0v) is 11.6. The third-order valence-electron chi connectivity index (χ3n) is 4.85. The molecule has 2 nitrogen and oxygen atoms in total. The quantitative estimate of drug-likeness (QED) is 0.810. The zero-order chi connectivity index (χ0) is 12.1. The van der Waals surface area contributed by atoms with Gasteiger partial charge in [0, 0.05) is 12.6 Å². The van der Waals surface area contributed by atoms with Gasteiger partial charge >= 0.3 is 0 Å². The molecule has 17 heavy (non-hydrogen) atoms. The molecule has 3 atom stereocenters. The maximum absolute atomic E-state index is 6.36. The summed E-state index contributed by atoms with van der Waals surface area (Å²) >= 11 is 0. The summed E-state index contributed by atoms with van der Waals surface area (Å²) in [5, 5.41) is 3.75. The minimum Gasteiger partial charge on any atom is -0.372 e. The van der Waals surface area contributed by atoms with E-state index in [2.05, 4.69) is 19.2 Å². The first-order valence-corrected chi connectivity index (χ1v) is 7.70. The van der Waals surface area contributed by atoms with Gasteiger partial charge in [-0.3, -0.25) is 0 Å². The Morgan fingerprint density at radius 3 is 2.94 bits per heavy atom. The molecule has 1 saturated heterocycles. The molecule has 100 valence electrons. The lowest BCUT2D eigenvalue weighted by Crippen LogP contribution is -2.62. The van der Waals surface area contributed by atoms with Gasteiger partial charge in [-0.15, -0.1) is 0 Å². The topological polar surface area (TPSA) is 21.3 Å². The molecule has 0 aromatic carbocycles. The summed E-state index contributed by atoms with van der Waals surface area (Å²) in [6.45, 7) is 6.59. The van der Waals surface area contributed by atoms with Crippen LogP contribution in [0.15, 0.2) is 0 Å². The molecule has 1 aliphatic heterocycles. The van der Waals surface area contributed by atoms with Gasteiger partial charge in [-0.25, -0.2) is 0 Å². The van der Waals surface area contributed by atoms with Crippen molar-refractivity contribution in [3.63, 3.8) is 0 Å². The molecule has 0 aromatic rings. The highest BCUT2D eigenvalue weighted by atomic mass is 16.5. The number of nitrogens with one attached hydrogen (secondary N) is 1. The molecule has 3 unspecified atom stereocenters. The molecule has 0 aromatic heterocycles. The summed E-state index contributed by atoms with van der Waals surface area (Å²) < 4.78 is 6.36. The molecule has 1 spiro atoms. The van der Waals surface area contributed by atoms with Crippen LogP contribution in [0.2, 0.25) is 0 Å².